The van der Waals surface area contributed by atoms with Gasteiger partial charge in [-0.05, 0) is 0 Å². The number of alkyl halides is 11. The third kappa shape index (κ3) is 1.26. The minimum atomic E-state index is -7.19. The maximum absolute atomic E-state index is 13.2. The van der Waals surface area contributed by atoms with Gasteiger partial charge in [-0.25, -0.2) is 0 Å². The molecule has 19 heavy (non-hydrogen) atoms. The van der Waals surface area contributed by atoms with Crippen LogP contribution in [0, 0.1) is 0 Å². The second kappa shape index (κ2) is 3.44. The van der Waals surface area contributed by atoms with Gasteiger partial charge in [0.2, 0.25) is 0 Å². The van der Waals surface area contributed by atoms with Crippen LogP contribution in [-0.4, -0.2) is 42.6 Å². The van der Waals surface area contributed by atoms with Gasteiger partial charge in [-0.1, -0.05) is 0 Å². The van der Waals surface area contributed by atoms with Crippen molar-refractivity contribution >= 4 is 0 Å². The van der Waals surface area contributed by atoms with Gasteiger partial charge in [-0.3, -0.25) is 0 Å². The molecule has 1 saturated carbocycles. The lowest BCUT2D eigenvalue weighted by atomic mass is 9.78. The first-order valence-electron chi connectivity index (χ1n) is 4.19. The van der Waals surface area contributed by atoms with Gasteiger partial charge in [0.1, 0.15) is 0 Å². The molecule has 0 radical (unpaired) electrons. The smallest absolute Gasteiger partial charge is 0.340 e. The molecule has 0 saturated heterocycles. The van der Waals surface area contributed by atoms with Crippen molar-refractivity contribution in [1.82, 2.24) is 0 Å². The molecular formula is C7H3F11O. The van der Waals surface area contributed by atoms with E-state index in [2.05, 4.69) is 4.74 Å². The van der Waals surface area contributed by atoms with Crippen molar-refractivity contribution in [3.63, 3.8) is 0 Å². The first-order chi connectivity index (χ1) is 8.06. The Kier molecular flexibility index (Phi) is 2.94. The predicted molar refractivity (Wildman–Crippen MR) is 35.6 cm³/mol. The number of hydrogen-bond acceptors (Lipinski definition) is 1. The summed E-state index contributed by atoms with van der Waals surface area (Å²) < 4.78 is 143. The van der Waals surface area contributed by atoms with Crippen molar-refractivity contribution in [3.8, 4) is 0 Å². The first kappa shape index (κ1) is 16.2. The second-order valence-corrected chi connectivity index (χ2v) is 3.67. The van der Waals surface area contributed by atoms with E-state index in [0.717, 1.165) is 0 Å². The van der Waals surface area contributed by atoms with Crippen LogP contribution in [-0.2, 0) is 4.74 Å². The van der Waals surface area contributed by atoms with Crippen molar-refractivity contribution < 1.29 is 53.0 Å². The van der Waals surface area contributed by atoms with E-state index >= 15 is 0 Å². The number of hydrogen-bond donors (Lipinski definition) is 0. The summed E-state index contributed by atoms with van der Waals surface area (Å²) in [6.07, 6.45) is 0. The molecule has 0 aromatic heterocycles. The summed E-state index contributed by atoms with van der Waals surface area (Å²) in [5.74, 6) is -41.5. The molecule has 12 heteroatoms. The highest BCUT2D eigenvalue weighted by molar-refractivity contribution is 5.23. The maximum atomic E-state index is 13.2. The maximum Gasteiger partial charge on any atom is 0.384 e. The monoisotopic (exact) mass is 312 g/mol. The molecule has 1 fully saturated rings. The minimum absolute atomic E-state index is 0.364. The van der Waals surface area contributed by atoms with Crippen LogP contribution >= 0.6 is 0 Å². The first-order valence-corrected chi connectivity index (χ1v) is 4.19. The molecule has 0 aromatic rings. The molecule has 0 atom stereocenters. The zero-order chi connectivity index (χ0) is 15.7. The Morgan fingerprint density at radius 3 is 0.895 bits per heavy atom. The normalized spacial score (nSPS) is 32.8. The zero-order valence-corrected chi connectivity index (χ0v) is 8.57. The number of rotatable bonds is 1. The molecule has 0 aliphatic heterocycles. The zero-order valence-electron chi connectivity index (χ0n) is 8.57. The van der Waals surface area contributed by atoms with E-state index in [-0.39, 0.29) is 7.11 Å². The van der Waals surface area contributed by atoms with Crippen LogP contribution in [0.15, 0.2) is 0 Å². The number of methoxy groups -OCH3 is 1. The van der Waals surface area contributed by atoms with Gasteiger partial charge in [0.25, 0.3) is 0 Å². The Morgan fingerprint density at radius 1 is 0.474 bits per heavy atom. The average Bonchev–Trinajstić information content (AvgIpc) is 2.24. The summed E-state index contributed by atoms with van der Waals surface area (Å²) in [6.45, 7) is 0. The van der Waals surface area contributed by atoms with Crippen LogP contribution in [0.4, 0.5) is 48.3 Å². The third-order valence-electron chi connectivity index (χ3n) is 2.67. The standard InChI is InChI=1S/C7H3F11O/c1-19-7(18)5(14,15)3(10,11)2(8,9)4(12,13)6(7,16)17/h1H3. The van der Waals surface area contributed by atoms with Gasteiger partial charge in [0.05, 0.1) is 0 Å². The lowest BCUT2D eigenvalue weighted by Gasteiger charge is -2.51. The Bertz CT molecular complexity index is 357. The van der Waals surface area contributed by atoms with E-state index in [1.807, 2.05) is 0 Å². The van der Waals surface area contributed by atoms with E-state index < -0.39 is 35.5 Å². The molecule has 0 N–H and O–H groups in total. The van der Waals surface area contributed by atoms with Gasteiger partial charge in [-0.15, -0.1) is 0 Å². The van der Waals surface area contributed by atoms with Crippen molar-refractivity contribution in [1.29, 1.82) is 0 Å². The fraction of sp³-hybridized carbons (Fsp3) is 1.00. The van der Waals surface area contributed by atoms with Crippen LogP contribution in [0.1, 0.15) is 0 Å². The lowest BCUT2D eigenvalue weighted by molar-refractivity contribution is -0.521. The molecule has 1 aliphatic carbocycles. The van der Waals surface area contributed by atoms with Crippen LogP contribution in [0.25, 0.3) is 0 Å². The van der Waals surface area contributed by atoms with Crippen LogP contribution in [0.3, 0.4) is 0 Å². The highest BCUT2D eigenvalue weighted by atomic mass is 19.4. The fourth-order valence-electron chi connectivity index (χ4n) is 1.45. The van der Waals surface area contributed by atoms with E-state index in [1.165, 1.54) is 0 Å². The van der Waals surface area contributed by atoms with Crippen molar-refractivity contribution in [2.24, 2.45) is 0 Å². The van der Waals surface area contributed by atoms with Gasteiger partial charge >= 0.3 is 35.5 Å². The fourth-order valence-corrected chi connectivity index (χ4v) is 1.45. The van der Waals surface area contributed by atoms with Crippen LogP contribution < -0.4 is 0 Å². The van der Waals surface area contributed by atoms with Crippen molar-refractivity contribution in [2.75, 3.05) is 7.11 Å². The molecule has 114 valence electrons. The van der Waals surface area contributed by atoms with E-state index in [9.17, 15) is 48.3 Å². The Labute approximate surface area is 96.9 Å². The van der Waals surface area contributed by atoms with Crippen molar-refractivity contribution in [2.45, 2.75) is 35.5 Å². The summed E-state index contributed by atoms with van der Waals surface area (Å²) in [7, 11) is -0.364. The third-order valence-corrected chi connectivity index (χ3v) is 2.67. The average molecular weight is 312 g/mol. The second-order valence-electron chi connectivity index (χ2n) is 3.67. The molecule has 0 heterocycles. The highest BCUT2D eigenvalue weighted by Gasteiger charge is 3.02. The Balaban J connectivity index is 3.76. The molecule has 1 nitrogen and oxygen atoms in total. The summed E-state index contributed by atoms with van der Waals surface area (Å²) in [4.78, 5) is 0. The molecule has 1 aliphatic rings. The largest absolute Gasteiger partial charge is 0.384 e. The Morgan fingerprint density at radius 2 is 0.684 bits per heavy atom. The highest BCUT2D eigenvalue weighted by Crippen LogP contribution is 2.69. The topological polar surface area (TPSA) is 9.23 Å². The molecular weight excluding hydrogens is 309 g/mol. The molecule has 0 aromatic carbocycles. The summed E-state index contributed by atoms with van der Waals surface area (Å²) in [5, 5.41) is 0. The summed E-state index contributed by atoms with van der Waals surface area (Å²) >= 11 is 0. The van der Waals surface area contributed by atoms with Gasteiger partial charge in [0.15, 0.2) is 0 Å². The molecule has 0 unspecified atom stereocenters. The van der Waals surface area contributed by atoms with E-state index in [4.69, 9.17) is 0 Å². The molecule has 1 rings (SSSR count). The summed E-state index contributed by atoms with van der Waals surface area (Å²) in [6, 6.07) is 0. The molecule has 0 spiro atoms. The SMILES string of the molecule is COC1(F)C(F)(F)C(F)(F)C(F)(F)C(F)(F)C1(F)F. The van der Waals surface area contributed by atoms with Crippen molar-refractivity contribution in [3.05, 3.63) is 0 Å². The van der Waals surface area contributed by atoms with Gasteiger partial charge < -0.3 is 4.74 Å². The van der Waals surface area contributed by atoms with Crippen LogP contribution in [0.5, 0.6) is 0 Å². The van der Waals surface area contributed by atoms with E-state index in [1.54, 1.807) is 0 Å². The molecule has 0 amide bonds. The quantitative estimate of drug-likeness (QED) is 0.674. The number of halogens is 11. The molecule has 0 bridgehead atoms. The summed E-state index contributed by atoms with van der Waals surface area (Å²) in [5.41, 5.74) is 0. The number of ether oxygens (including phenoxy) is 1. The van der Waals surface area contributed by atoms with Crippen LogP contribution in [0.2, 0.25) is 0 Å². The van der Waals surface area contributed by atoms with Gasteiger partial charge in [-0.2, -0.15) is 48.3 Å². The predicted octanol–water partition coefficient (Wildman–Crippen LogP) is 3.49. The lowest BCUT2D eigenvalue weighted by Crippen LogP contribution is -2.84. The Hall–Kier alpha value is -0.810. The minimum Gasteiger partial charge on any atom is -0.340 e. The van der Waals surface area contributed by atoms with Gasteiger partial charge in [0, 0.05) is 7.11 Å². The van der Waals surface area contributed by atoms with E-state index in [0.29, 0.717) is 0 Å².